The standard InChI is InChI=1S/C11H15N5S/c1-7-10(17-9(6-12)13-7)11-15-14-8-4-2-3-5-16(8)11/h2-6,12H2,1H3. The highest BCUT2D eigenvalue weighted by Gasteiger charge is 2.20. The summed E-state index contributed by atoms with van der Waals surface area (Å²) in [7, 11) is 0. The number of fused-ring (bicyclic) bond motifs is 1. The molecule has 0 aliphatic carbocycles. The Morgan fingerprint density at radius 3 is 3.00 bits per heavy atom. The van der Waals surface area contributed by atoms with Crippen molar-refractivity contribution in [1.29, 1.82) is 0 Å². The van der Waals surface area contributed by atoms with Crippen LogP contribution < -0.4 is 5.73 Å². The van der Waals surface area contributed by atoms with Gasteiger partial charge in [-0.3, -0.25) is 0 Å². The largest absolute Gasteiger partial charge is 0.325 e. The van der Waals surface area contributed by atoms with Crippen LogP contribution in [0, 0.1) is 6.92 Å². The lowest BCUT2D eigenvalue weighted by Gasteiger charge is -2.13. The SMILES string of the molecule is Cc1nc(CN)sc1-c1nnc2n1CCCC2. The van der Waals surface area contributed by atoms with Crippen LogP contribution in [0.4, 0.5) is 0 Å². The Morgan fingerprint density at radius 1 is 1.35 bits per heavy atom. The van der Waals surface area contributed by atoms with Gasteiger partial charge in [0.15, 0.2) is 5.82 Å². The summed E-state index contributed by atoms with van der Waals surface area (Å²) in [6, 6.07) is 0. The van der Waals surface area contributed by atoms with E-state index in [1.807, 2.05) is 6.92 Å². The van der Waals surface area contributed by atoms with Crippen LogP contribution in [0.3, 0.4) is 0 Å². The molecule has 17 heavy (non-hydrogen) atoms. The van der Waals surface area contributed by atoms with Crippen molar-refractivity contribution < 1.29 is 0 Å². The van der Waals surface area contributed by atoms with E-state index in [1.54, 1.807) is 11.3 Å². The van der Waals surface area contributed by atoms with Crippen molar-refractivity contribution in [3.05, 3.63) is 16.5 Å². The number of aromatic nitrogens is 4. The molecule has 6 heteroatoms. The number of aryl methyl sites for hydroxylation is 2. The minimum absolute atomic E-state index is 0.493. The van der Waals surface area contributed by atoms with E-state index in [9.17, 15) is 0 Å². The Labute approximate surface area is 104 Å². The smallest absolute Gasteiger partial charge is 0.175 e. The zero-order valence-electron chi connectivity index (χ0n) is 9.81. The maximum Gasteiger partial charge on any atom is 0.175 e. The van der Waals surface area contributed by atoms with Crippen LogP contribution in [0.25, 0.3) is 10.7 Å². The van der Waals surface area contributed by atoms with Crippen LogP contribution in [0.5, 0.6) is 0 Å². The number of rotatable bonds is 2. The Kier molecular flexibility index (Phi) is 2.68. The van der Waals surface area contributed by atoms with Gasteiger partial charge in [0.1, 0.15) is 10.8 Å². The number of nitrogens with two attached hydrogens (primary N) is 1. The van der Waals surface area contributed by atoms with Gasteiger partial charge in [0.25, 0.3) is 0 Å². The highest BCUT2D eigenvalue weighted by molar-refractivity contribution is 7.15. The summed E-state index contributed by atoms with van der Waals surface area (Å²) in [5.74, 6) is 2.07. The molecule has 0 unspecified atom stereocenters. The van der Waals surface area contributed by atoms with Gasteiger partial charge in [-0.05, 0) is 19.8 Å². The second kappa shape index (κ2) is 4.19. The third-order valence-corrected chi connectivity index (χ3v) is 4.25. The molecule has 0 spiro atoms. The quantitative estimate of drug-likeness (QED) is 0.875. The summed E-state index contributed by atoms with van der Waals surface area (Å²) in [5.41, 5.74) is 6.64. The van der Waals surface area contributed by atoms with E-state index in [4.69, 9.17) is 5.73 Å². The predicted molar refractivity (Wildman–Crippen MR) is 66.7 cm³/mol. The van der Waals surface area contributed by atoms with Gasteiger partial charge in [-0.2, -0.15) is 0 Å². The normalized spacial score (nSPS) is 14.9. The Morgan fingerprint density at radius 2 is 2.24 bits per heavy atom. The van der Waals surface area contributed by atoms with Crippen molar-refractivity contribution in [2.45, 2.75) is 39.3 Å². The van der Waals surface area contributed by atoms with Crippen molar-refractivity contribution >= 4 is 11.3 Å². The topological polar surface area (TPSA) is 69.6 Å². The average molecular weight is 249 g/mol. The summed E-state index contributed by atoms with van der Waals surface area (Å²) in [4.78, 5) is 5.56. The van der Waals surface area contributed by atoms with Crippen molar-refractivity contribution in [3.63, 3.8) is 0 Å². The molecule has 2 N–H and O–H groups in total. The highest BCUT2D eigenvalue weighted by Crippen LogP contribution is 2.30. The van der Waals surface area contributed by atoms with Crippen LogP contribution >= 0.6 is 11.3 Å². The molecule has 0 aromatic carbocycles. The zero-order chi connectivity index (χ0) is 11.8. The average Bonchev–Trinajstić information content (AvgIpc) is 2.92. The fourth-order valence-corrected chi connectivity index (χ4v) is 3.16. The summed E-state index contributed by atoms with van der Waals surface area (Å²) < 4.78 is 2.23. The van der Waals surface area contributed by atoms with Gasteiger partial charge in [0.2, 0.25) is 0 Å². The molecule has 3 heterocycles. The van der Waals surface area contributed by atoms with Crippen molar-refractivity contribution in [1.82, 2.24) is 19.7 Å². The monoisotopic (exact) mass is 249 g/mol. The first kappa shape index (κ1) is 10.9. The fraction of sp³-hybridized carbons (Fsp3) is 0.545. The first-order chi connectivity index (χ1) is 8.29. The molecule has 1 aliphatic rings. The van der Waals surface area contributed by atoms with Crippen LogP contribution in [0.15, 0.2) is 0 Å². The Hall–Kier alpha value is -1.27. The molecule has 0 fully saturated rings. The van der Waals surface area contributed by atoms with E-state index in [1.165, 1.54) is 12.8 Å². The minimum atomic E-state index is 0.493. The third kappa shape index (κ3) is 1.77. The van der Waals surface area contributed by atoms with Gasteiger partial charge in [-0.1, -0.05) is 0 Å². The summed E-state index contributed by atoms with van der Waals surface area (Å²) >= 11 is 1.63. The lowest BCUT2D eigenvalue weighted by atomic mass is 10.1. The van der Waals surface area contributed by atoms with Gasteiger partial charge in [-0.15, -0.1) is 21.5 Å². The number of thiazole rings is 1. The molecule has 0 atom stereocenters. The molecule has 5 nitrogen and oxygen atoms in total. The van der Waals surface area contributed by atoms with Crippen molar-refractivity contribution in [2.75, 3.05) is 0 Å². The molecule has 3 rings (SSSR count). The van der Waals surface area contributed by atoms with Gasteiger partial charge in [-0.25, -0.2) is 4.98 Å². The number of nitrogens with zero attached hydrogens (tertiary/aromatic N) is 4. The lowest BCUT2D eigenvalue weighted by Crippen LogP contribution is -2.11. The fourth-order valence-electron chi connectivity index (χ4n) is 2.22. The van der Waals surface area contributed by atoms with E-state index in [0.717, 1.165) is 40.2 Å². The molecular formula is C11H15N5S. The Balaban J connectivity index is 2.08. The van der Waals surface area contributed by atoms with Crippen LogP contribution in [-0.2, 0) is 19.5 Å². The van der Waals surface area contributed by atoms with Crippen LogP contribution in [-0.4, -0.2) is 19.7 Å². The van der Waals surface area contributed by atoms with Crippen molar-refractivity contribution in [2.24, 2.45) is 5.73 Å². The van der Waals surface area contributed by atoms with Crippen LogP contribution in [0.1, 0.15) is 29.4 Å². The molecule has 0 radical (unpaired) electrons. The predicted octanol–water partition coefficient (Wildman–Crippen LogP) is 1.51. The zero-order valence-corrected chi connectivity index (χ0v) is 10.6. The molecule has 2 aromatic rings. The van der Waals surface area contributed by atoms with E-state index >= 15 is 0 Å². The van der Waals surface area contributed by atoms with Crippen molar-refractivity contribution in [3.8, 4) is 10.7 Å². The summed E-state index contributed by atoms with van der Waals surface area (Å²) in [5, 5.41) is 9.55. The molecule has 1 aliphatic heterocycles. The van der Waals surface area contributed by atoms with E-state index in [2.05, 4.69) is 19.7 Å². The highest BCUT2D eigenvalue weighted by atomic mass is 32.1. The molecule has 0 amide bonds. The molecule has 0 bridgehead atoms. The van der Waals surface area contributed by atoms with Gasteiger partial charge < -0.3 is 10.3 Å². The first-order valence-corrected chi connectivity index (χ1v) is 6.70. The lowest BCUT2D eigenvalue weighted by molar-refractivity contribution is 0.526. The van der Waals surface area contributed by atoms with E-state index in [0.29, 0.717) is 6.54 Å². The Bertz CT molecular complexity index is 542. The maximum atomic E-state index is 5.63. The number of hydrogen-bond acceptors (Lipinski definition) is 5. The molecule has 90 valence electrons. The van der Waals surface area contributed by atoms with E-state index < -0.39 is 0 Å². The maximum absolute atomic E-state index is 5.63. The van der Waals surface area contributed by atoms with Gasteiger partial charge >= 0.3 is 0 Å². The molecule has 0 saturated heterocycles. The second-order valence-electron chi connectivity index (χ2n) is 4.27. The molecule has 0 saturated carbocycles. The molecular weight excluding hydrogens is 234 g/mol. The number of hydrogen-bond donors (Lipinski definition) is 1. The first-order valence-electron chi connectivity index (χ1n) is 5.88. The van der Waals surface area contributed by atoms with Crippen LogP contribution in [0.2, 0.25) is 0 Å². The second-order valence-corrected chi connectivity index (χ2v) is 5.36. The van der Waals surface area contributed by atoms with E-state index in [-0.39, 0.29) is 0 Å². The summed E-state index contributed by atoms with van der Waals surface area (Å²) in [6.07, 6.45) is 3.46. The summed E-state index contributed by atoms with van der Waals surface area (Å²) in [6.45, 7) is 3.52. The third-order valence-electron chi connectivity index (χ3n) is 3.08. The van der Waals surface area contributed by atoms with Gasteiger partial charge in [0, 0.05) is 19.5 Å². The van der Waals surface area contributed by atoms with Gasteiger partial charge in [0.05, 0.1) is 10.6 Å². The molecule has 2 aromatic heterocycles. The minimum Gasteiger partial charge on any atom is -0.325 e.